The number of likely N-dealkylation sites (N-methyl/N-ethyl adjacent to an activating group) is 1. The summed E-state index contributed by atoms with van der Waals surface area (Å²) in [6.45, 7) is 36.6. The second kappa shape index (κ2) is 50.2. The Morgan fingerprint density at radius 3 is 1.67 bits per heavy atom. The molecular weight excluding hydrogens is 685 g/mol. The molecule has 1 heterocycles. The number of methoxy groups -OCH3 is 1. The summed E-state index contributed by atoms with van der Waals surface area (Å²) in [6.07, 6.45) is 21.8. The number of aliphatic hydroxyl groups is 1. The van der Waals surface area contributed by atoms with E-state index in [1.807, 2.05) is 130 Å². The molecule has 3 rings (SSSR count). The fourth-order valence-electron chi connectivity index (χ4n) is 4.42. The average molecular weight is 773 g/mol. The van der Waals surface area contributed by atoms with Crippen LogP contribution in [0.1, 0.15) is 147 Å². The van der Waals surface area contributed by atoms with Crippen LogP contribution in [-0.4, -0.2) is 71.7 Å². The van der Waals surface area contributed by atoms with Crippen molar-refractivity contribution in [1.82, 2.24) is 9.80 Å². The topological polar surface area (TPSA) is 90.3 Å². The molecule has 7 nitrogen and oxygen atoms in total. The highest BCUT2D eigenvalue weighted by atomic mass is 16.5. The minimum absolute atomic E-state index is 0.113. The van der Waals surface area contributed by atoms with Crippen molar-refractivity contribution >= 4 is 11.9 Å². The fraction of sp³-hybridized carbons (Fsp3) is 0.583. The standard InChI is InChI=1S/C17H28N2O.C8H10O.C8H14.C3H6O2.C3H6O.C3H6.3C2H6/c1-5-7-8-9-15(3)14-17(20)18(4)16-10-12-19(6-2)13-11-16;1-7-4-3-5-8(6-7)9-2;1-7-5-3-4-6-8(7)2;1-2-3(4)5;1-2-3-4;1-3-2;3*1-2/h5,7-9,14,16H,6,10-13H2,1-4H3;3-6H,1-2H3;3-6H2,1-2H3;2H2,1H3,(H,4,5);2-4H,1H3;3H,1H2,2H3;3*1-2H3/b7-5-,9-8+,15-14+;;;;3-2-;;;;. The van der Waals surface area contributed by atoms with Crippen LogP contribution in [0.25, 0.3) is 0 Å². The summed E-state index contributed by atoms with van der Waals surface area (Å²) in [5, 5.41) is 15.4. The number of carboxylic acids is 1. The molecule has 1 aliphatic carbocycles. The molecule has 55 heavy (non-hydrogen) atoms. The average Bonchev–Trinajstić information content (AvgIpc) is 3.22. The first-order valence-corrected chi connectivity index (χ1v) is 20.6. The van der Waals surface area contributed by atoms with E-state index in [2.05, 4.69) is 32.3 Å². The Kier molecular flexibility index (Phi) is 57.6. The number of piperidine rings is 1. The minimum Gasteiger partial charge on any atom is -0.516 e. The molecule has 1 amide bonds. The Hall–Kier alpha value is -3.84. The molecule has 0 unspecified atom stereocenters. The van der Waals surface area contributed by atoms with Crippen LogP contribution in [0.4, 0.5) is 0 Å². The maximum atomic E-state index is 12.2. The van der Waals surface area contributed by atoms with E-state index in [1.165, 1.54) is 31.2 Å². The van der Waals surface area contributed by atoms with E-state index in [4.69, 9.17) is 14.9 Å². The quantitative estimate of drug-likeness (QED) is 0.124. The molecule has 0 atom stereocenters. The van der Waals surface area contributed by atoms with Gasteiger partial charge in [0.1, 0.15) is 5.75 Å². The van der Waals surface area contributed by atoms with Gasteiger partial charge in [-0.05, 0) is 117 Å². The number of carbonyl (C=O) groups excluding carboxylic acids is 1. The summed E-state index contributed by atoms with van der Waals surface area (Å²) in [6, 6.07) is 8.35. The lowest BCUT2D eigenvalue weighted by atomic mass is 9.94. The first-order valence-electron chi connectivity index (χ1n) is 20.6. The van der Waals surface area contributed by atoms with Gasteiger partial charge < -0.3 is 24.7 Å². The number of likely N-dealkylation sites (tertiary alicyclic amines) is 1. The molecule has 7 heteroatoms. The van der Waals surface area contributed by atoms with Crippen molar-refractivity contribution in [2.75, 3.05) is 33.8 Å². The third-order valence-electron chi connectivity index (χ3n) is 7.67. The number of carboxylic acid groups (broad SMARTS) is 1. The van der Waals surface area contributed by atoms with Gasteiger partial charge in [0.2, 0.25) is 5.91 Å². The zero-order valence-corrected chi connectivity index (χ0v) is 38.8. The minimum atomic E-state index is -0.745. The van der Waals surface area contributed by atoms with E-state index in [0.717, 1.165) is 50.1 Å². The van der Waals surface area contributed by atoms with Crippen molar-refractivity contribution in [3.05, 3.63) is 102 Å². The number of rotatable bonds is 7. The smallest absolute Gasteiger partial charge is 0.303 e. The number of amides is 1. The Bertz CT molecular complexity index is 1140. The molecule has 1 aromatic rings. The second-order valence-electron chi connectivity index (χ2n) is 11.8. The molecule has 0 aromatic heterocycles. The van der Waals surface area contributed by atoms with Gasteiger partial charge in [-0.1, -0.05) is 115 Å². The second-order valence-corrected chi connectivity index (χ2v) is 11.8. The van der Waals surface area contributed by atoms with Crippen molar-refractivity contribution in [2.24, 2.45) is 0 Å². The zero-order chi connectivity index (χ0) is 44.0. The summed E-state index contributed by atoms with van der Waals surface area (Å²) in [4.78, 5) is 25.9. The maximum absolute atomic E-state index is 12.2. The predicted molar refractivity (Wildman–Crippen MR) is 245 cm³/mol. The number of aliphatic carboxylic acids is 1. The monoisotopic (exact) mass is 773 g/mol. The van der Waals surface area contributed by atoms with Crippen LogP contribution < -0.4 is 4.74 Å². The predicted octanol–water partition coefficient (Wildman–Crippen LogP) is 13.7. The van der Waals surface area contributed by atoms with Crippen molar-refractivity contribution in [1.29, 1.82) is 0 Å². The Morgan fingerprint density at radius 1 is 0.909 bits per heavy atom. The van der Waals surface area contributed by atoms with E-state index < -0.39 is 5.97 Å². The maximum Gasteiger partial charge on any atom is 0.303 e. The highest BCUT2D eigenvalue weighted by Crippen LogP contribution is 2.23. The Morgan fingerprint density at radius 2 is 1.36 bits per heavy atom. The van der Waals surface area contributed by atoms with Gasteiger partial charge in [0.15, 0.2) is 0 Å². The van der Waals surface area contributed by atoms with Gasteiger partial charge in [0.05, 0.1) is 13.4 Å². The molecular formula is C48H88N2O5. The van der Waals surface area contributed by atoms with Crippen molar-refractivity contribution < 1.29 is 24.5 Å². The van der Waals surface area contributed by atoms with Crippen LogP contribution in [0.2, 0.25) is 0 Å². The molecule has 1 saturated heterocycles. The number of aryl methyl sites for hydroxylation is 1. The van der Waals surface area contributed by atoms with Gasteiger partial charge in [-0.3, -0.25) is 9.59 Å². The van der Waals surface area contributed by atoms with Crippen LogP contribution in [0.3, 0.4) is 0 Å². The van der Waals surface area contributed by atoms with Gasteiger partial charge in [-0.2, -0.15) is 0 Å². The molecule has 1 fully saturated rings. The van der Waals surface area contributed by atoms with Crippen LogP contribution >= 0.6 is 0 Å². The summed E-state index contributed by atoms with van der Waals surface area (Å²) < 4.78 is 5.00. The molecule has 1 aromatic carbocycles. The summed E-state index contributed by atoms with van der Waals surface area (Å²) in [5.74, 6) is 0.294. The molecule has 0 spiro atoms. The van der Waals surface area contributed by atoms with Gasteiger partial charge in [0.25, 0.3) is 0 Å². The van der Waals surface area contributed by atoms with Crippen LogP contribution in [0.5, 0.6) is 5.75 Å². The molecule has 0 saturated carbocycles. The number of aliphatic hydroxyl groups excluding tert-OH is 1. The van der Waals surface area contributed by atoms with Gasteiger partial charge in [-0.25, -0.2) is 0 Å². The highest BCUT2D eigenvalue weighted by Gasteiger charge is 2.23. The Balaban J connectivity index is -0.000000143. The van der Waals surface area contributed by atoms with Gasteiger partial charge in [0, 0.05) is 38.7 Å². The number of nitrogens with zero attached hydrogens (tertiary/aromatic N) is 2. The van der Waals surface area contributed by atoms with Crippen LogP contribution in [-0.2, 0) is 9.59 Å². The third-order valence-corrected chi connectivity index (χ3v) is 7.67. The first-order chi connectivity index (χ1) is 26.3. The zero-order valence-electron chi connectivity index (χ0n) is 38.8. The van der Waals surface area contributed by atoms with Gasteiger partial charge >= 0.3 is 5.97 Å². The number of hydrogen-bond donors (Lipinski definition) is 2. The molecule has 0 bridgehead atoms. The number of allylic oxidation sites excluding steroid dienone is 9. The summed E-state index contributed by atoms with van der Waals surface area (Å²) >= 11 is 0. The highest BCUT2D eigenvalue weighted by molar-refractivity contribution is 5.88. The van der Waals surface area contributed by atoms with Crippen LogP contribution in [0.15, 0.2) is 96.4 Å². The third kappa shape index (κ3) is 44.4. The largest absolute Gasteiger partial charge is 0.516 e. The fourth-order valence-corrected chi connectivity index (χ4v) is 4.42. The van der Waals surface area contributed by atoms with Crippen LogP contribution in [0, 0.1) is 6.92 Å². The number of benzene rings is 1. The van der Waals surface area contributed by atoms with Crippen molar-refractivity contribution in [2.45, 2.75) is 155 Å². The van der Waals surface area contributed by atoms with E-state index in [0.29, 0.717) is 6.04 Å². The lowest BCUT2D eigenvalue weighted by Crippen LogP contribution is -2.45. The molecule has 2 N–H and O–H groups in total. The number of carbonyl (C=O) groups is 2. The van der Waals surface area contributed by atoms with E-state index in [1.54, 1.807) is 50.3 Å². The molecule has 0 radical (unpaired) electrons. The normalized spacial score (nSPS) is 13.5. The van der Waals surface area contributed by atoms with Gasteiger partial charge in [-0.15, -0.1) is 6.58 Å². The first kappa shape index (κ1) is 63.1. The SMILES string of the molecule is C/C=C\O.C=CC.CC.CC.CC.CC1=C(C)CCCC1.CCC(=O)O.COc1cccc(C)c1.C\C=C/C=C/C(C)=C/C(=O)N(C)C1CCN(CC)CC1. The summed E-state index contributed by atoms with van der Waals surface area (Å²) in [5.41, 5.74) is 5.49. The van der Waals surface area contributed by atoms with Crippen molar-refractivity contribution in [3.8, 4) is 5.75 Å². The molecule has 2 aliphatic rings. The lowest BCUT2D eigenvalue weighted by molar-refractivity contribution is -0.136. The van der Waals surface area contributed by atoms with Crippen molar-refractivity contribution in [3.63, 3.8) is 0 Å². The molecule has 320 valence electrons. The number of ether oxygens (including phenoxy) is 1. The van der Waals surface area contributed by atoms with E-state index >= 15 is 0 Å². The van der Waals surface area contributed by atoms with E-state index in [-0.39, 0.29) is 12.3 Å². The Labute approximate surface area is 341 Å². The lowest BCUT2D eigenvalue weighted by Gasteiger charge is -2.35. The molecule has 1 aliphatic heterocycles. The summed E-state index contributed by atoms with van der Waals surface area (Å²) in [7, 11) is 3.60. The van der Waals surface area contributed by atoms with E-state index in [9.17, 15) is 9.59 Å². The number of hydrogen-bond acceptors (Lipinski definition) is 5.